The number of piperidine rings is 1. The number of carbonyl (C=O) groups excluding carboxylic acids is 2. The molecule has 27 heavy (non-hydrogen) atoms. The highest BCUT2D eigenvalue weighted by atomic mass is 19.4. The first-order chi connectivity index (χ1) is 12.8. The van der Waals surface area contributed by atoms with Crippen LogP contribution in [0.3, 0.4) is 0 Å². The fourth-order valence-corrected chi connectivity index (χ4v) is 3.71. The van der Waals surface area contributed by atoms with E-state index in [1.165, 1.54) is 19.2 Å². The molecule has 148 valence electrons. The van der Waals surface area contributed by atoms with Crippen LogP contribution in [-0.2, 0) is 20.5 Å². The summed E-state index contributed by atoms with van der Waals surface area (Å²) in [6, 6.07) is 5.06. The van der Waals surface area contributed by atoms with E-state index in [2.05, 4.69) is 15.6 Å². The molecule has 9 heteroatoms. The second kappa shape index (κ2) is 7.85. The molecule has 2 aliphatic rings. The molecule has 0 spiro atoms. The predicted molar refractivity (Wildman–Crippen MR) is 90.2 cm³/mol. The van der Waals surface area contributed by atoms with E-state index in [0.29, 0.717) is 13.1 Å². The predicted octanol–water partition coefficient (Wildman–Crippen LogP) is 2.02. The third-order valence-corrected chi connectivity index (χ3v) is 5.23. The normalized spacial score (nSPS) is 25.2. The Labute approximate surface area is 155 Å². The molecule has 3 unspecified atom stereocenters. The molecule has 0 radical (unpaired) electrons. The number of carbonyl (C=O) groups is 2. The number of ether oxygens (including phenoxy) is 1. The summed E-state index contributed by atoms with van der Waals surface area (Å²) in [5, 5.41) is 0. The second-order valence-electron chi connectivity index (χ2n) is 6.86. The zero-order valence-corrected chi connectivity index (χ0v) is 14.9. The van der Waals surface area contributed by atoms with Crippen molar-refractivity contribution < 1.29 is 27.5 Å². The number of hydrogen-bond donors (Lipinski definition) is 2. The van der Waals surface area contributed by atoms with Gasteiger partial charge in [-0.1, -0.05) is 12.1 Å². The molecule has 2 heterocycles. The number of nitrogens with one attached hydrogen (secondary N) is 2. The zero-order valence-electron chi connectivity index (χ0n) is 14.9. The van der Waals surface area contributed by atoms with Crippen molar-refractivity contribution in [2.45, 2.75) is 37.5 Å². The molecular formula is C18H22F3N3O3. The summed E-state index contributed by atoms with van der Waals surface area (Å²) in [6.45, 7) is 1.06. The minimum absolute atomic E-state index is 0.0394. The highest BCUT2D eigenvalue weighted by Crippen LogP contribution is 2.35. The van der Waals surface area contributed by atoms with Crippen molar-refractivity contribution in [2.75, 3.05) is 20.2 Å². The molecule has 0 aromatic heterocycles. The fourth-order valence-electron chi connectivity index (χ4n) is 3.71. The van der Waals surface area contributed by atoms with Gasteiger partial charge in [0.1, 0.15) is 0 Å². The first-order valence-corrected chi connectivity index (χ1v) is 8.82. The Morgan fingerprint density at radius 1 is 1.19 bits per heavy atom. The number of hydrogen-bond acceptors (Lipinski definition) is 5. The van der Waals surface area contributed by atoms with Gasteiger partial charge in [0.15, 0.2) is 0 Å². The first kappa shape index (κ1) is 19.6. The molecule has 2 N–H and O–H groups in total. The number of amides is 1. The highest BCUT2D eigenvalue weighted by Gasteiger charge is 2.41. The lowest BCUT2D eigenvalue weighted by Crippen LogP contribution is -2.47. The Balaban J connectivity index is 1.66. The van der Waals surface area contributed by atoms with Crippen LogP contribution in [0.5, 0.6) is 0 Å². The van der Waals surface area contributed by atoms with Crippen LogP contribution >= 0.6 is 0 Å². The Morgan fingerprint density at radius 2 is 1.89 bits per heavy atom. The van der Waals surface area contributed by atoms with Gasteiger partial charge < -0.3 is 9.64 Å². The van der Waals surface area contributed by atoms with Gasteiger partial charge in [-0.3, -0.25) is 15.0 Å². The summed E-state index contributed by atoms with van der Waals surface area (Å²) in [5.74, 6) is -0.500. The van der Waals surface area contributed by atoms with Gasteiger partial charge in [0, 0.05) is 31.5 Å². The molecular weight excluding hydrogens is 363 g/mol. The first-order valence-electron chi connectivity index (χ1n) is 8.82. The number of likely N-dealkylation sites (tertiary alicyclic amines) is 1. The van der Waals surface area contributed by atoms with E-state index in [1.54, 1.807) is 4.90 Å². The molecule has 2 aliphatic heterocycles. The molecule has 1 amide bonds. The number of hydrazine groups is 1. The maximum absolute atomic E-state index is 12.8. The van der Waals surface area contributed by atoms with Crippen molar-refractivity contribution in [2.24, 2.45) is 5.92 Å². The van der Waals surface area contributed by atoms with Gasteiger partial charge in [0.05, 0.1) is 25.1 Å². The Hall–Kier alpha value is -2.13. The summed E-state index contributed by atoms with van der Waals surface area (Å²) in [7, 11) is 1.28. The Bertz CT molecular complexity index is 693. The van der Waals surface area contributed by atoms with Crippen LogP contribution in [0.15, 0.2) is 24.3 Å². The molecule has 3 rings (SSSR count). The largest absolute Gasteiger partial charge is 0.469 e. The molecule has 2 saturated heterocycles. The Morgan fingerprint density at radius 3 is 2.52 bits per heavy atom. The molecule has 2 fully saturated rings. The Kier molecular flexibility index (Phi) is 5.71. The van der Waals surface area contributed by atoms with Gasteiger partial charge >= 0.3 is 12.1 Å². The minimum atomic E-state index is -4.36. The molecule has 1 aromatic rings. The van der Waals surface area contributed by atoms with Gasteiger partial charge in [-0.2, -0.15) is 13.2 Å². The molecule has 0 saturated carbocycles. The van der Waals surface area contributed by atoms with E-state index in [0.717, 1.165) is 24.1 Å². The highest BCUT2D eigenvalue weighted by molar-refractivity contribution is 5.81. The third kappa shape index (κ3) is 4.41. The second-order valence-corrected chi connectivity index (χ2v) is 6.86. The molecule has 0 aliphatic carbocycles. The standard InChI is InChI=1S/C18H22F3N3O3/c1-27-16(26)7-6-15(25)24-9-8-14-13(10-24)17(23-22-14)11-2-4-12(5-3-11)18(19,20)21/h2-5,13-14,17,22-23H,6-10H2,1H3. The van der Waals surface area contributed by atoms with Crippen LogP contribution in [0.1, 0.15) is 36.4 Å². The van der Waals surface area contributed by atoms with Gasteiger partial charge in [-0.05, 0) is 24.1 Å². The van der Waals surface area contributed by atoms with Gasteiger partial charge in [0.2, 0.25) is 5.91 Å². The van der Waals surface area contributed by atoms with E-state index >= 15 is 0 Å². The number of methoxy groups -OCH3 is 1. The number of halogens is 3. The fraction of sp³-hybridized carbons (Fsp3) is 0.556. The van der Waals surface area contributed by atoms with Crippen LogP contribution in [0.2, 0.25) is 0 Å². The van der Waals surface area contributed by atoms with E-state index < -0.39 is 17.7 Å². The van der Waals surface area contributed by atoms with E-state index in [-0.39, 0.29) is 36.8 Å². The minimum Gasteiger partial charge on any atom is -0.469 e. The zero-order chi connectivity index (χ0) is 19.6. The summed E-state index contributed by atoms with van der Waals surface area (Å²) in [5.41, 5.74) is 6.39. The summed E-state index contributed by atoms with van der Waals surface area (Å²) < 4.78 is 42.8. The lowest BCUT2D eigenvalue weighted by Gasteiger charge is -2.36. The van der Waals surface area contributed by atoms with Crippen molar-refractivity contribution in [1.29, 1.82) is 0 Å². The molecule has 6 nitrogen and oxygen atoms in total. The SMILES string of the molecule is COC(=O)CCC(=O)N1CCC2NNC(c3ccc(C(F)(F)F)cc3)C2C1. The third-order valence-electron chi connectivity index (χ3n) is 5.23. The monoisotopic (exact) mass is 385 g/mol. The number of rotatable bonds is 4. The van der Waals surface area contributed by atoms with Crippen molar-refractivity contribution in [1.82, 2.24) is 15.8 Å². The topological polar surface area (TPSA) is 70.7 Å². The number of esters is 1. The summed E-state index contributed by atoms with van der Waals surface area (Å²) in [4.78, 5) is 25.3. The van der Waals surface area contributed by atoms with Crippen LogP contribution in [-0.4, -0.2) is 43.0 Å². The van der Waals surface area contributed by atoms with Crippen LogP contribution in [0.4, 0.5) is 13.2 Å². The summed E-state index contributed by atoms with van der Waals surface area (Å²) in [6.07, 6.45) is -3.50. The van der Waals surface area contributed by atoms with Crippen LogP contribution < -0.4 is 10.9 Å². The quantitative estimate of drug-likeness (QED) is 0.776. The van der Waals surface area contributed by atoms with Crippen LogP contribution in [0, 0.1) is 5.92 Å². The van der Waals surface area contributed by atoms with Crippen molar-refractivity contribution in [3.63, 3.8) is 0 Å². The van der Waals surface area contributed by atoms with Crippen molar-refractivity contribution in [3.8, 4) is 0 Å². The maximum atomic E-state index is 12.8. The molecule has 3 atom stereocenters. The van der Waals surface area contributed by atoms with E-state index in [1.807, 2.05) is 0 Å². The smallest absolute Gasteiger partial charge is 0.416 e. The number of nitrogens with zero attached hydrogens (tertiary/aromatic N) is 1. The van der Waals surface area contributed by atoms with Crippen molar-refractivity contribution in [3.05, 3.63) is 35.4 Å². The molecule has 0 bridgehead atoms. The van der Waals surface area contributed by atoms with E-state index in [4.69, 9.17) is 0 Å². The number of benzene rings is 1. The summed E-state index contributed by atoms with van der Waals surface area (Å²) >= 11 is 0. The lowest BCUT2D eigenvalue weighted by atomic mass is 9.84. The van der Waals surface area contributed by atoms with Gasteiger partial charge in [-0.25, -0.2) is 5.43 Å². The van der Waals surface area contributed by atoms with Gasteiger partial charge in [-0.15, -0.1) is 0 Å². The molecule has 1 aromatic carbocycles. The average Bonchev–Trinajstić information content (AvgIpc) is 3.08. The van der Waals surface area contributed by atoms with Crippen LogP contribution in [0.25, 0.3) is 0 Å². The van der Waals surface area contributed by atoms with Gasteiger partial charge in [0.25, 0.3) is 0 Å². The van der Waals surface area contributed by atoms with E-state index in [9.17, 15) is 22.8 Å². The van der Waals surface area contributed by atoms with Crippen molar-refractivity contribution >= 4 is 11.9 Å². The number of alkyl halides is 3. The number of fused-ring (bicyclic) bond motifs is 1. The lowest BCUT2D eigenvalue weighted by molar-refractivity contribution is -0.144. The maximum Gasteiger partial charge on any atom is 0.416 e. The average molecular weight is 385 g/mol.